The van der Waals surface area contributed by atoms with Gasteiger partial charge < -0.3 is 4.52 Å². The zero-order valence-corrected chi connectivity index (χ0v) is 12.4. The van der Waals surface area contributed by atoms with Crippen LogP contribution in [0.2, 0.25) is 0 Å². The summed E-state index contributed by atoms with van der Waals surface area (Å²) >= 11 is 0. The molecule has 0 amide bonds. The monoisotopic (exact) mass is 272 g/mol. The Balaban J connectivity index is 2.22. The van der Waals surface area contributed by atoms with Gasteiger partial charge in [0.1, 0.15) is 5.78 Å². The van der Waals surface area contributed by atoms with Gasteiger partial charge in [-0.25, -0.2) is 0 Å². The van der Waals surface area contributed by atoms with Crippen molar-refractivity contribution in [2.24, 2.45) is 5.92 Å². The topological polar surface area (TPSA) is 56.0 Å². The fraction of sp³-hybridized carbons (Fsp3) is 0.438. The summed E-state index contributed by atoms with van der Waals surface area (Å²) in [6, 6.07) is 10.0. The second-order valence-corrected chi connectivity index (χ2v) is 5.80. The molecule has 1 aromatic heterocycles. The predicted octanol–water partition coefficient (Wildman–Crippen LogP) is 3.16. The summed E-state index contributed by atoms with van der Waals surface area (Å²) < 4.78 is 5.21. The number of carbonyl (C=O) groups excluding carboxylic acids is 1. The standard InChI is InChI=1S/C16H20N2O2/c1-11(2)13(19)10-14-17-15(18-20-14)16(3,4)12-8-6-5-7-9-12/h5-9,11H,10H2,1-4H3. The molecule has 106 valence electrons. The molecule has 0 fully saturated rings. The molecule has 0 unspecified atom stereocenters. The molecule has 0 atom stereocenters. The molecule has 1 heterocycles. The average Bonchev–Trinajstić information content (AvgIpc) is 2.89. The van der Waals surface area contributed by atoms with Crippen LogP contribution in [0.5, 0.6) is 0 Å². The molecule has 0 aliphatic rings. The van der Waals surface area contributed by atoms with E-state index in [1.165, 1.54) is 0 Å². The van der Waals surface area contributed by atoms with Gasteiger partial charge >= 0.3 is 0 Å². The van der Waals surface area contributed by atoms with E-state index in [1.54, 1.807) is 0 Å². The molecule has 4 heteroatoms. The molecule has 0 radical (unpaired) electrons. The molecule has 0 aliphatic heterocycles. The number of rotatable bonds is 5. The molecule has 2 rings (SSSR count). The van der Waals surface area contributed by atoms with Gasteiger partial charge in [-0.1, -0.05) is 49.3 Å². The Kier molecular flexibility index (Phi) is 4.02. The third kappa shape index (κ3) is 2.95. The van der Waals surface area contributed by atoms with E-state index >= 15 is 0 Å². The van der Waals surface area contributed by atoms with Crippen molar-refractivity contribution < 1.29 is 9.32 Å². The van der Waals surface area contributed by atoms with Crippen molar-refractivity contribution in [2.45, 2.75) is 39.5 Å². The van der Waals surface area contributed by atoms with E-state index in [9.17, 15) is 4.79 Å². The quantitative estimate of drug-likeness (QED) is 0.839. The SMILES string of the molecule is CC(C)C(=O)Cc1nc(C(C)(C)c2ccccc2)no1. The highest BCUT2D eigenvalue weighted by Gasteiger charge is 2.29. The summed E-state index contributed by atoms with van der Waals surface area (Å²) in [7, 11) is 0. The Morgan fingerprint density at radius 1 is 1.25 bits per heavy atom. The summed E-state index contributed by atoms with van der Waals surface area (Å²) in [6.07, 6.45) is 0.204. The summed E-state index contributed by atoms with van der Waals surface area (Å²) in [5.74, 6) is 1.09. The van der Waals surface area contributed by atoms with Crippen molar-refractivity contribution >= 4 is 5.78 Å². The molecule has 2 aromatic rings. The fourth-order valence-corrected chi connectivity index (χ4v) is 1.92. The van der Waals surface area contributed by atoms with Gasteiger partial charge in [-0.15, -0.1) is 0 Å². The van der Waals surface area contributed by atoms with Gasteiger partial charge in [-0.2, -0.15) is 4.98 Å². The molecule has 0 N–H and O–H groups in total. The van der Waals surface area contributed by atoms with E-state index in [0.29, 0.717) is 11.7 Å². The first kappa shape index (κ1) is 14.4. The summed E-state index contributed by atoms with van der Waals surface area (Å²) in [5.41, 5.74) is 0.770. The highest BCUT2D eigenvalue weighted by atomic mass is 16.5. The van der Waals surface area contributed by atoms with Crippen LogP contribution >= 0.6 is 0 Å². The maximum absolute atomic E-state index is 11.7. The molecule has 0 bridgehead atoms. The zero-order valence-electron chi connectivity index (χ0n) is 12.4. The zero-order chi connectivity index (χ0) is 14.8. The number of hydrogen-bond acceptors (Lipinski definition) is 4. The lowest BCUT2D eigenvalue weighted by atomic mass is 9.84. The first-order valence-electron chi connectivity index (χ1n) is 6.82. The summed E-state index contributed by atoms with van der Waals surface area (Å²) in [4.78, 5) is 16.1. The van der Waals surface area contributed by atoms with Crippen LogP contribution in [0.15, 0.2) is 34.9 Å². The largest absolute Gasteiger partial charge is 0.339 e. The van der Waals surface area contributed by atoms with Crippen molar-refractivity contribution in [3.05, 3.63) is 47.6 Å². The number of hydrogen-bond donors (Lipinski definition) is 0. The van der Waals surface area contributed by atoms with Crippen LogP contribution in [0, 0.1) is 5.92 Å². The Morgan fingerprint density at radius 3 is 2.50 bits per heavy atom. The minimum atomic E-state index is -0.343. The molecular weight excluding hydrogens is 252 g/mol. The minimum Gasteiger partial charge on any atom is -0.339 e. The summed E-state index contributed by atoms with van der Waals surface area (Å²) in [5, 5.41) is 4.04. The average molecular weight is 272 g/mol. The van der Waals surface area contributed by atoms with Crippen molar-refractivity contribution in [2.75, 3.05) is 0 Å². The van der Waals surface area contributed by atoms with E-state index in [2.05, 4.69) is 10.1 Å². The van der Waals surface area contributed by atoms with Crippen molar-refractivity contribution in [1.82, 2.24) is 10.1 Å². The lowest BCUT2D eigenvalue weighted by Crippen LogP contribution is -2.20. The Hall–Kier alpha value is -1.97. The van der Waals surface area contributed by atoms with Crippen LogP contribution in [0.1, 0.15) is 45.0 Å². The molecular formula is C16H20N2O2. The molecule has 0 saturated carbocycles. The highest BCUT2D eigenvalue weighted by molar-refractivity contribution is 5.81. The van der Waals surface area contributed by atoms with Crippen LogP contribution in [0.4, 0.5) is 0 Å². The predicted molar refractivity (Wildman–Crippen MR) is 76.4 cm³/mol. The smallest absolute Gasteiger partial charge is 0.234 e. The van der Waals surface area contributed by atoms with E-state index in [0.717, 1.165) is 5.56 Å². The number of benzene rings is 1. The van der Waals surface area contributed by atoms with Crippen LogP contribution in [0.3, 0.4) is 0 Å². The van der Waals surface area contributed by atoms with E-state index in [4.69, 9.17) is 4.52 Å². The van der Waals surface area contributed by atoms with Gasteiger partial charge in [0.25, 0.3) is 0 Å². The van der Waals surface area contributed by atoms with Gasteiger partial charge in [-0.3, -0.25) is 4.79 Å². The minimum absolute atomic E-state index is 0.0208. The second kappa shape index (κ2) is 5.57. The van der Waals surface area contributed by atoms with Gasteiger partial charge in [0.2, 0.25) is 5.89 Å². The fourth-order valence-electron chi connectivity index (χ4n) is 1.92. The van der Waals surface area contributed by atoms with E-state index < -0.39 is 0 Å². The number of carbonyl (C=O) groups is 1. The molecule has 0 saturated heterocycles. The normalized spacial score (nSPS) is 11.8. The highest BCUT2D eigenvalue weighted by Crippen LogP contribution is 2.29. The molecule has 20 heavy (non-hydrogen) atoms. The number of Topliss-reactive ketones (excluding diaryl/α,β-unsaturated/α-hetero) is 1. The second-order valence-electron chi connectivity index (χ2n) is 5.80. The Morgan fingerprint density at radius 2 is 1.90 bits per heavy atom. The van der Waals surface area contributed by atoms with Crippen LogP contribution in [0.25, 0.3) is 0 Å². The third-order valence-electron chi connectivity index (χ3n) is 3.49. The van der Waals surface area contributed by atoms with Crippen LogP contribution in [-0.2, 0) is 16.6 Å². The lowest BCUT2D eigenvalue weighted by Gasteiger charge is -2.20. The first-order valence-corrected chi connectivity index (χ1v) is 6.82. The molecule has 4 nitrogen and oxygen atoms in total. The van der Waals surface area contributed by atoms with E-state index in [-0.39, 0.29) is 23.5 Å². The number of aromatic nitrogens is 2. The molecule has 0 spiro atoms. The van der Waals surface area contributed by atoms with Crippen molar-refractivity contribution in [3.8, 4) is 0 Å². The summed E-state index contributed by atoms with van der Waals surface area (Å²) in [6.45, 7) is 7.82. The van der Waals surface area contributed by atoms with Crippen LogP contribution in [-0.4, -0.2) is 15.9 Å². The van der Waals surface area contributed by atoms with Gasteiger partial charge in [0.15, 0.2) is 5.82 Å². The molecule has 0 aliphatic carbocycles. The number of ketones is 1. The van der Waals surface area contributed by atoms with Gasteiger partial charge in [-0.05, 0) is 19.4 Å². The maximum Gasteiger partial charge on any atom is 0.234 e. The number of nitrogens with zero attached hydrogens (tertiary/aromatic N) is 2. The van der Waals surface area contributed by atoms with Gasteiger partial charge in [0.05, 0.1) is 11.8 Å². The first-order chi connectivity index (χ1) is 9.41. The van der Waals surface area contributed by atoms with Crippen molar-refractivity contribution in [1.29, 1.82) is 0 Å². The van der Waals surface area contributed by atoms with Gasteiger partial charge in [0, 0.05) is 5.92 Å². The molecule has 1 aromatic carbocycles. The third-order valence-corrected chi connectivity index (χ3v) is 3.49. The maximum atomic E-state index is 11.7. The van der Waals surface area contributed by atoms with Crippen molar-refractivity contribution in [3.63, 3.8) is 0 Å². The lowest BCUT2D eigenvalue weighted by molar-refractivity contribution is -0.121. The Labute approximate surface area is 119 Å². The van der Waals surface area contributed by atoms with Crippen LogP contribution < -0.4 is 0 Å². The Bertz CT molecular complexity index is 586. The van der Waals surface area contributed by atoms with E-state index in [1.807, 2.05) is 58.0 Å².